The van der Waals surface area contributed by atoms with Crippen molar-refractivity contribution in [3.05, 3.63) is 39.7 Å². The largest absolute Gasteiger partial charge is 0.272 e. The maximum Gasteiger partial charge on any atom is 0.272 e. The Labute approximate surface area is 120 Å². The van der Waals surface area contributed by atoms with Crippen molar-refractivity contribution in [2.75, 3.05) is 0 Å². The lowest BCUT2D eigenvalue weighted by Crippen LogP contribution is -2.25. The minimum atomic E-state index is -0.426. The van der Waals surface area contributed by atoms with E-state index in [4.69, 9.17) is 0 Å². The molecule has 104 valence electrons. The highest BCUT2D eigenvalue weighted by Crippen LogP contribution is 2.37. The van der Waals surface area contributed by atoms with Crippen molar-refractivity contribution in [1.29, 1.82) is 0 Å². The zero-order valence-electron chi connectivity index (χ0n) is 10.8. The standard InChI is InChI=1S/C14H17BrFNO2/c1-9-2-4-13(15)10(6-9)7-11-8-12(16)3-5-14(11)17(18)19/h3,5,8-10,13H,2,4,6-7H2,1H3. The molecule has 0 radical (unpaired) electrons. The minimum Gasteiger partial charge on any atom is -0.258 e. The molecular weight excluding hydrogens is 313 g/mol. The van der Waals surface area contributed by atoms with Crippen molar-refractivity contribution in [2.24, 2.45) is 11.8 Å². The van der Waals surface area contributed by atoms with Crippen LogP contribution in [-0.2, 0) is 6.42 Å². The van der Waals surface area contributed by atoms with Gasteiger partial charge < -0.3 is 0 Å². The summed E-state index contributed by atoms with van der Waals surface area (Å²) in [5.41, 5.74) is 0.535. The van der Waals surface area contributed by atoms with Crippen LogP contribution in [0.25, 0.3) is 0 Å². The van der Waals surface area contributed by atoms with Crippen LogP contribution in [0.1, 0.15) is 31.7 Å². The number of halogens is 2. The van der Waals surface area contributed by atoms with Crippen LogP contribution in [0.4, 0.5) is 10.1 Å². The van der Waals surface area contributed by atoms with Gasteiger partial charge in [0, 0.05) is 16.5 Å². The van der Waals surface area contributed by atoms with E-state index in [1.807, 2.05) is 0 Å². The second-order valence-electron chi connectivity index (χ2n) is 5.43. The average molecular weight is 330 g/mol. The van der Waals surface area contributed by atoms with E-state index in [0.717, 1.165) is 18.9 Å². The molecule has 1 aliphatic carbocycles. The normalized spacial score (nSPS) is 27.2. The molecule has 0 amide bonds. The summed E-state index contributed by atoms with van der Waals surface area (Å²) in [6.45, 7) is 2.20. The molecule has 0 heterocycles. The van der Waals surface area contributed by atoms with E-state index in [1.54, 1.807) is 0 Å². The van der Waals surface area contributed by atoms with Gasteiger partial charge in [-0.05, 0) is 49.7 Å². The fourth-order valence-electron chi connectivity index (χ4n) is 2.85. The van der Waals surface area contributed by atoms with E-state index in [2.05, 4.69) is 22.9 Å². The van der Waals surface area contributed by atoms with Crippen molar-refractivity contribution in [1.82, 2.24) is 0 Å². The molecule has 0 spiro atoms. The third-order valence-corrected chi connectivity index (χ3v) is 5.08. The van der Waals surface area contributed by atoms with Crippen LogP contribution in [0.3, 0.4) is 0 Å². The second-order valence-corrected chi connectivity index (χ2v) is 6.60. The first-order valence-corrected chi connectivity index (χ1v) is 7.46. The number of hydrogen-bond donors (Lipinski definition) is 0. The SMILES string of the molecule is CC1CCC(Br)C(Cc2cc(F)ccc2[N+](=O)[O-])C1. The maximum absolute atomic E-state index is 13.3. The highest BCUT2D eigenvalue weighted by atomic mass is 79.9. The van der Waals surface area contributed by atoms with Crippen molar-refractivity contribution in [2.45, 2.75) is 37.4 Å². The van der Waals surface area contributed by atoms with Gasteiger partial charge in [0.05, 0.1) is 4.92 Å². The molecule has 5 heteroatoms. The fraction of sp³-hybridized carbons (Fsp3) is 0.571. The molecule has 1 aromatic rings. The van der Waals surface area contributed by atoms with Crippen LogP contribution in [0.2, 0.25) is 0 Å². The molecule has 0 aromatic heterocycles. The van der Waals surface area contributed by atoms with E-state index in [1.165, 1.54) is 18.6 Å². The number of benzene rings is 1. The van der Waals surface area contributed by atoms with E-state index >= 15 is 0 Å². The number of hydrogen-bond acceptors (Lipinski definition) is 2. The molecule has 1 saturated carbocycles. The Morgan fingerprint density at radius 3 is 2.89 bits per heavy atom. The summed E-state index contributed by atoms with van der Waals surface area (Å²) in [5, 5.41) is 11.0. The topological polar surface area (TPSA) is 43.1 Å². The smallest absolute Gasteiger partial charge is 0.258 e. The molecule has 0 N–H and O–H groups in total. The maximum atomic E-state index is 13.3. The number of alkyl halides is 1. The lowest BCUT2D eigenvalue weighted by atomic mass is 9.79. The van der Waals surface area contributed by atoms with Crippen molar-refractivity contribution in [3.63, 3.8) is 0 Å². The van der Waals surface area contributed by atoms with Gasteiger partial charge in [0.15, 0.2) is 0 Å². The number of nitro benzene ring substituents is 1. The Morgan fingerprint density at radius 2 is 2.21 bits per heavy atom. The monoisotopic (exact) mass is 329 g/mol. The van der Waals surface area contributed by atoms with Gasteiger partial charge in [-0.2, -0.15) is 0 Å². The Morgan fingerprint density at radius 1 is 1.47 bits per heavy atom. The first-order valence-electron chi connectivity index (χ1n) is 6.54. The van der Waals surface area contributed by atoms with Crippen molar-refractivity contribution < 1.29 is 9.31 Å². The second kappa shape index (κ2) is 5.99. The molecule has 0 saturated heterocycles. The average Bonchev–Trinajstić information content (AvgIpc) is 2.33. The number of nitrogens with zero attached hydrogens (tertiary/aromatic N) is 1. The van der Waals surface area contributed by atoms with E-state index in [0.29, 0.717) is 28.6 Å². The third kappa shape index (κ3) is 3.53. The minimum absolute atomic E-state index is 0.0272. The molecular formula is C14H17BrFNO2. The lowest BCUT2D eigenvalue weighted by molar-refractivity contribution is -0.385. The summed E-state index contributed by atoms with van der Waals surface area (Å²) in [6, 6.07) is 3.72. The zero-order valence-corrected chi connectivity index (χ0v) is 12.4. The molecule has 3 nitrogen and oxygen atoms in total. The summed E-state index contributed by atoms with van der Waals surface area (Å²) in [6.07, 6.45) is 3.85. The Bertz CT molecular complexity index is 481. The molecule has 1 fully saturated rings. The highest BCUT2D eigenvalue weighted by Gasteiger charge is 2.29. The van der Waals surface area contributed by atoms with Gasteiger partial charge in [0.2, 0.25) is 0 Å². The van der Waals surface area contributed by atoms with Gasteiger partial charge in [-0.3, -0.25) is 10.1 Å². The summed E-state index contributed by atoms with van der Waals surface area (Å²) in [7, 11) is 0. The van der Waals surface area contributed by atoms with Crippen LogP contribution in [0.15, 0.2) is 18.2 Å². The molecule has 0 aliphatic heterocycles. The van der Waals surface area contributed by atoms with E-state index < -0.39 is 10.7 Å². The summed E-state index contributed by atoms with van der Waals surface area (Å²) in [4.78, 5) is 10.9. The van der Waals surface area contributed by atoms with Gasteiger partial charge in [-0.1, -0.05) is 22.9 Å². The first-order chi connectivity index (χ1) is 8.97. The van der Waals surface area contributed by atoms with Gasteiger partial charge in [-0.25, -0.2) is 4.39 Å². The molecule has 19 heavy (non-hydrogen) atoms. The van der Waals surface area contributed by atoms with Crippen LogP contribution >= 0.6 is 15.9 Å². The van der Waals surface area contributed by atoms with Crippen LogP contribution in [0, 0.1) is 27.8 Å². The summed E-state index contributed by atoms with van der Waals surface area (Å²) in [5.74, 6) is 0.561. The van der Waals surface area contributed by atoms with Crippen LogP contribution < -0.4 is 0 Å². The van der Waals surface area contributed by atoms with Crippen LogP contribution in [0.5, 0.6) is 0 Å². The van der Waals surface area contributed by atoms with E-state index in [9.17, 15) is 14.5 Å². The van der Waals surface area contributed by atoms with Crippen molar-refractivity contribution in [3.8, 4) is 0 Å². The molecule has 3 unspecified atom stereocenters. The molecule has 1 aromatic carbocycles. The summed E-state index contributed by atoms with van der Waals surface area (Å²) >= 11 is 3.66. The van der Waals surface area contributed by atoms with Gasteiger partial charge in [0.25, 0.3) is 5.69 Å². The van der Waals surface area contributed by atoms with Gasteiger partial charge in [0.1, 0.15) is 5.82 Å². The first kappa shape index (κ1) is 14.4. The predicted molar refractivity (Wildman–Crippen MR) is 76.0 cm³/mol. The Kier molecular flexibility index (Phi) is 4.55. The van der Waals surface area contributed by atoms with Crippen LogP contribution in [-0.4, -0.2) is 9.75 Å². The number of rotatable bonds is 3. The summed E-state index contributed by atoms with van der Waals surface area (Å²) < 4.78 is 13.3. The van der Waals surface area contributed by atoms with E-state index in [-0.39, 0.29) is 5.69 Å². The lowest BCUT2D eigenvalue weighted by Gasteiger charge is -2.31. The molecule has 3 atom stereocenters. The number of nitro groups is 1. The molecule has 0 bridgehead atoms. The highest BCUT2D eigenvalue weighted by molar-refractivity contribution is 9.09. The fourth-order valence-corrected chi connectivity index (χ4v) is 3.52. The van der Waals surface area contributed by atoms with Gasteiger partial charge >= 0.3 is 0 Å². The quantitative estimate of drug-likeness (QED) is 0.466. The Balaban J connectivity index is 2.22. The molecule has 2 rings (SSSR count). The molecule has 1 aliphatic rings. The predicted octanol–water partition coefficient (Wildman–Crippen LogP) is 4.48. The van der Waals surface area contributed by atoms with Gasteiger partial charge in [-0.15, -0.1) is 0 Å². The Hall–Kier alpha value is -0.970. The van der Waals surface area contributed by atoms with Crippen molar-refractivity contribution >= 4 is 21.6 Å². The third-order valence-electron chi connectivity index (χ3n) is 3.87. The zero-order chi connectivity index (χ0) is 14.0.